The smallest absolute Gasteiger partial charge is 0.258 e. The van der Waals surface area contributed by atoms with E-state index in [4.69, 9.17) is 15.2 Å². The third-order valence-electron chi connectivity index (χ3n) is 4.06. The van der Waals surface area contributed by atoms with Gasteiger partial charge in [-0.15, -0.1) is 0 Å². The highest BCUT2D eigenvalue weighted by Gasteiger charge is 2.23. The van der Waals surface area contributed by atoms with Crippen LogP contribution in [0.4, 0.5) is 0 Å². The van der Waals surface area contributed by atoms with E-state index in [1.807, 2.05) is 31.2 Å². The molecule has 3 rings (SSSR count). The number of primary amides is 1. The highest BCUT2D eigenvalue weighted by Crippen LogP contribution is 2.31. The second-order valence-corrected chi connectivity index (χ2v) is 5.95. The molecule has 0 saturated heterocycles. The Bertz CT molecular complexity index is 804. The van der Waals surface area contributed by atoms with Crippen molar-refractivity contribution in [2.45, 2.75) is 19.4 Å². The van der Waals surface area contributed by atoms with Gasteiger partial charge in [-0.2, -0.15) is 0 Å². The number of benzene rings is 2. The lowest BCUT2D eigenvalue weighted by Crippen LogP contribution is -2.35. The number of ether oxygens (including phenoxy) is 2. The molecule has 2 aromatic rings. The summed E-state index contributed by atoms with van der Waals surface area (Å²) in [5.41, 5.74) is 7.47. The number of nitrogens with one attached hydrogen (secondary N) is 1. The molecular weight excluding hydrogens is 320 g/mol. The first-order chi connectivity index (χ1) is 12.0. The van der Waals surface area contributed by atoms with Crippen LogP contribution in [0.15, 0.2) is 42.5 Å². The molecule has 130 valence electrons. The van der Waals surface area contributed by atoms with Gasteiger partial charge in [0.15, 0.2) is 6.61 Å². The lowest BCUT2D eigenvalue weighted by molar-refractivity contribution is -0.124. The molecule has 0 bridgehead atoms. The van der Waals surface area contributed by atoms with Gasteiger partial charge in [-0.05, 0) is 30.7 Å². The molecule has 3 N–H and O–H groups in total. The average Bonchev–Trinajstić information content (AvgIpc) is 2.60. The third kappa shape index (κ3) is 3.91. The van der Waals surface area contributed by atoms with Gasteiger partial charge in [-0.1, -0.05) is 24.3 Å². The molecule has 2 aromatic carbocycles. The Morgan fingerprint density at radius 3 is 2.88 bits per heavy atom. The fourth-order valence-electron chi connectivity index (χ4n) is 2.82. The molecule has 6 heteroatoms. The highest BCUT2D eigenvalue weighted by molar-refractivity contribution is 5.95. The van der Waals surface area contributed by atoms with Crippen molar-refractivity contribution < 1.29 is 19.1 Å². The number of carbonyl (C=O) groups excluding carboxylic acids is 2. The maximum absolute atomic E-state index is 12.3. The van der Waals surface area contributed by atoms with E-state index in [1.54, 1.807) is 18.2 Å². The second kappa shape index (κ2) is 7.25. The van der Waals surface area contributed by atoms with Crippen LogP contribution in [0.3, 0.4) is 0 Å². The second-order valence-electron chi connectivity index (χ2n) is 5.95. The number of amides is 2. The highest BCUT2D eigenvalue weighted by atomic mass is 16.5. The number of para-hydroxylation sites is 1. The maximum atomic E-state index is 12.3. The SMILES string of the molecule is Cc1ccc(C(N)=O)c(OCC(=O)NC2CCOc3ccccc32)c1. The van der Waals surface area contributed by atoms with Crippen LogP contribution in [-0.2, 0) is 4.79 Å². The monoisotopic (exact) mass is 340 g/mol. The number of hydrogen-bond donors (Lipinski definition) is 2. The minimum absolute atomic E-state index is 0.117. The molecule has 2 amide bonds. The molecule has 25 heavy (non-hydrogen) atoms. The van der Waals surface area contributed by atoms with Crippen LogP contribution in [-0.4, -0.2) is 25.0 Å². The van der Waals surface area contributed by atoms with E-state index in [2.05, 4.69) is 5.32 Å². The van der Waals surface area contributed by atoms with Crippen molar-refractivity contribution in [3.05, 3.63) is 59.2 Å². The first kappa shape index (κ1) is 16.8. The Kier molecular flexibility index (Phi) is 4.88. The zero-order valence-electron chi connectivity index (χ0n) is 14.0. The molecule has 0 saturated carbocycles. The lowest BCUT2D eigenvalue weighted by atomic mass is 10.0. The van der Waals surface area contributed by atoms with Gasteiger partial charge < -0.3 is 20.5 Å². The Morgan fingerprint density at radius 1 is 1.28 bits per heavy atom. The fraction of sp³-hybridized carbons (Fsp3) is 0.263. The molecule has 0 aromatic heterocycles. The van der Waals surface area contributed by atoms with Crippen LogP contribution in [0.2, 0.25) is 0 Å². The van der Waals surface area contributed by atoms with E-state index >= 15 is 0 Å². The Morgan fingerprint density at radius 2 is 2.08 bits per heavy atom. The molecule has 6 nitrogen and oxygen atoms in total. The average molecular weight is 340 g/mol. The van der Waals surface area contributed by atoms with Gasteiger partial charge in [0.1, 0.15) is 11.5 Å². The zero-order valence-corrected chi connectivity index (χ0v) is 14.0. The molecule has 0 spiro atoms. The van der Waals surface area contributed by atoms with Crippen LogP contribution >= 0.6 is 0 Å². The third-order valence-corrected chi connectivity index (χ3v) is 4.06. The van der Waals surface area contributed by atoms with Crippen LogP contribution in [0.5, 0.6) is 11.5 Å². The van der Waals surface area contributed by atoms with Gasteiger partial charge in [-0.3, -0.25) is 9.59 Å². The summed E-state index contributed by atoms with van der Waals surface area (Å²) in [6.45, 7) is 2.23. The Labute approximate surface area is 145 Å². The summed E-state index contributed by atoms with van der Waals surface area (Å²) in [6.07, 6.45) is 0.694. The molecule has 0 aliphatic carbocycles. The summed E-state index contributed by atoms with van der Waals surface area (Å²) in [4.78, 5) is 23.7. The summed E-state index contributed by atoms with van der Waals surface area (Å²) in [7, 11) is 0. The Hall–Kier alpha value is -3.02. The summed E-state index contributed by atoms with van der Waals surface area (Å²) in [5.74, 6) is 0.247. The summed E-state index contributed by atoms with van der Waals surface area (Å²) < 4.78 is 11.1. The standard InChI is InChI=1S/C19H20N2O4/c1-12-6-7-14(19(20)23)17(10-12)25-11-18(22)21-15-8-9-24-16-5-3-2-4-13(15)16/h2-7,10,15H,8-9,11H2,1H3,(H2,20,23)(H,21,22). The topological polar surface area (TPSA) is 90.7 Å². The van der Waals surface area contributed by atoms with Crippen LogP contribution in [0, 0.1) is 6.92 Å². The van der Waals surface area contributed by atoms with Crippen molar-refractivity contribution in [1.82, 2.24) is 5.32 Å². The van der Waals surface area contributed by atoms with Crippen LogP contribution in [0.25, 0.3) is 0 Å². The summed E-state index contributed by atoms with van der Waals surface area (Å²) in [5, 5.41) is 2.95. The summed E-state index contributed by atoms with van der Waals surface area (Å²) in [6, 6.07) is 12.6. The van der Waals surface area contributed by atoms with Crippen molar-refractivity contribution in [2.24, 2.45) is 5.73 Å². The molecule has 1 aliphatic heterocycles. The number of hydrogen-bond acceptors (Lipinski definition) is 4. The largest absolute Gasteiger partial charge is 0.493 e. The molecule has 1 aliphatic rings. The van der Waals surface area contributed by atoms with Crippen LogP contribution in [0.1, 0.15) is 33.9 Å². The maximum Gasteiger partial charge on any atom is 0.258 e. The van der Waals surface area contributed by atoms with Gasteiger partial charge in [-0.25, -0.2) is 0 Å². The minimum Gasteiger partial charge on any atom is -0.493 e. The lowest BCUT2D eigenvalue weighted by Gasteiger charge is -2.26. The fourth-order valence-corrected chi connectivity index (χ4v) is 2.82. The number of rotatable bonds is 5. The van der Waals surface area contributed by atoms with Crippen molar-refractivity contribution >= 4 is 11.8 Å². The van der Waals surface area contributed by atoms with E-state index in [-0.39, 0.29) is 24.1 Å². The van der Waals surface area contributed by atoms with E-state index < -0.39 is 5.91 Å². The van der Waals surface area contributed by atoms with E-state index in [0.29, 0.717) is 18.8 Å². The van der Waals surface area contributed by atoms with Gasteiger partial charge in [0, 0.05) is 12.0 Å². The number of fused-ring (bicyclic) bond motifs is 1. The molecule has 0 fully saturated rings. The number of aryl methyl sites for hydroxylation is 1. The molecule has 1 unspecified atom stereocenters. The quantitative estimate of drug-likeness (QED) is 0.872. The first-order valence-electron chi connectivity index (χ1n) is 8.09. The molecule has 1 atom stereocenters. The normalized spacial score (nSPS) is 15.6. The van der Waals surface area contributed by atoms with Gasteiger partial charge in [0.2, 0.25) is 0 Å². The van der Waals surface area contributed by atoms with E-state index in [1.165, 1.54) is 0 Å². The summed E-state index contributed by atoms with van der Waals surface area (Å²) >= 11 is 0. The predicted octanol–water partition coefficient (Wildman–Crippen LogP) is 2.11. The van der Waals surface area contributed by atoms with Gasteiger partial charge in [0.05, 0.1) is 18.2 Å². The molecule has 0 radical (unpaired) electrons. The van der Waals surface area contributed by atoms with Gasteiger partial charge in [0.25, 0.3) is 11.8 Å². The van der Waals surface area contributed by atoms with Crippen molar-refractivity contribution in [3.63, 3.8) is 0 Å². The van der Waals surface area contributed by atoms with E-state index in [0.717, 1.165) is 16.9 Å². The Balaban J connectivity index is 1.65. The number of nitrogens with two attached hydrogens (primary N) is 1. The molecule has 1 heterocycles. The minimum atomic E-state index is -0.589. The predicted molar refractivity (Wildman–Crippen MR) is 92.6 cm³/mol. The number of carbonyl (C=O) groups is 2. The van der Waals surface area contributed by atoms with Crippen LogP contribution < -0.4 is 20.5 Å². The van der Waals surface area contributed by atoms with Gasteiger partial charge >= 0.3 is 0 Å². The van der Waals surface area contributed by atoms with Crippen molar-refractivity contribution in [3.8, 4) is 11.5 Å². The molecular formula is C19H20N2O4. The first-order valence-corrected chi connectivity index (χ1v) is 8.09. The van der Waals surface area contributed by atoms with Crippen molar-refractivity contribution in [2.75, 3.05) is 13.2 Å². The van der Waals surface area contributed by atoms with Crippen molar-refractivity contribution in [1.29, 1.82) is 0 Å². The zero-order chi connectivity index (χ0) is 17.8. The van der Waals surface area contributed by atoms with E-state index in [9.17, 15) is 9.59 Å².